The van der Waals surface area contributed by atoms with Crippen LogP contribution in [-0.4, -0.2) is 23.8 Å². The Morgan fingerprint density at radius 3 is 2.50 bits per heavy atom. The number of carbonyl (C=O) groups excluding carboxylic acids is 1. The quantitative estimate of drug-likeness (QED) is 0.662. The monoisotopic (exact) mass is 455 g/mol. The van der Waals surface area contributed by atoms with E-state index in [1.165, 1.54) is 22.1 Å². The topological polar surface area (TPSA) is 58.7 Å². The molecule has 2 aromatic carbocycles. The van der Waals surface area contributed by atoms with E-state index in [1.807, 2.05) is 18.2 Å². The number of nitrogens with two attached hydrogens (primary N) is 1. The molecule has 1 amide bonds. The van der Waals surface area contributed by atoms with Gasteiger partial charge in [-0.05, 0) is 79.8 Å². The van der Waals surface area contributed by atoms with Gasteiger partial charge in [0.25, 0.3) is 0 Å². The molecule has 2 aromatic rings. The number of hydrogen-bond donors (Lipinski definition) is 1. The normalized spacial score (nSPS) is 26.1. The Hall–Kier alpha value is -2.40. The number of hydrogen-bond acceptors (Lipinski definition) is 3. The van der Waals surface area contributed by atoms with Crippen LogP contribution < -0.4 is 5.73 Å². The molecule has 0 spiro atoms. The summed E-state index contributed by atoms with van der Waals surface area (Å²) in [5.41, 5.74) is 8.00. The van der Waals surface area contributed by atoms with E-state index in [4.69, 9.17) is 17.3 Å². The first-order valence-corrected chi connectivity index (χ1v) is 11.4. The van der Waals surface area contributed by atoms with Crippen LogP contribution in [0.4, 0.5) is 4.39 Å². The zero-order valence-electron chi connectivity index (χ0n) is 19.6. The van der Waals surface area contributed by atoms with Crippen molar-refractivity contribution in [3.05, 3.63) is 69.5 Å². The van der Waals surface area contributed by atoms with Crippen LogP contribution >= 0.6 is 11.6 Å². The molecule has 0 saturated carbocycles. The molecule has 32 heavy (non-hydrogen) atoms. The van der Waals surface area contributed by atoms with E-state index in [1.54, 1.807) is 27.8 Å². The summed E-state index contributed by atoms with van der Waals surface area (Å²) in [5.74, 6) is -0.146. The van der Waals surface area contributed by atoms with Crippen LogP contribution in [0.15, 0.2) is 41.4 Å². The minimum absolute atomic E-state index is 0.0286. The smallest absolute Gasteiger partial charge is 0.237 e. The number of carbonyl (C=O) groups is 1. The summed E-state index contributed by atoms with van der Waals surface area (Å²) in [4.78, 5) is 18.9. The van der Waals surface area contributed by atoms with Crippen LogP contribution in [0.1, 0.15) is 69.2 Å². The van der Waals surface area contributed by atoms with Gasteiger partial charge in [-0.1, -0.05) is 43.6 Å². The summed E-state index contributed by atoms with van der Waals surface area (Å²) >= 11 is 6.26. The second-order valence-electron chi connectivity index (χ2n) is 10.6. The Balaban J connectivity index is 1.75. The third-order valence-electron chi connectivity index (χ3n) is 7.72. The number of amides is 1. The minimum Gasteiger partial charge on any atom is -0.369 e. The zero-order valence-corrected chi connectivity index (χ0v) is 20.3. The molecule has 0 saturated heterocycles. The number of fused-ring (bicyclic) bond motifs is 1. The molecule has 170 valence electrons. The van der Waals surface area contributed by atoms with Gasteiger partial charge in [0.15, 0.2) is 5.96 Å². The average Bonchev–Trinajstić information content (AvgIpc) is 2.96. The first-order valence-electron chi connectivity index (χ1n) is 11.0. The van der Waals surface area contributed by atoms with E-state index in [2.05, 4.69) is 31.0 Å². The van der Waals surface area contributed by atoms with Gasteiger partial charge in [-0.3, -0.25) is 9.69 Å². The largest absolute Gasteiger partial charge is 0.369 e. The highest BCUT2D eigenvalue weighted by molar-refractivity contribution is 6.30. The maximum atomic E-state index is 15.2. The van der Waals surface area contributed by atoms with Crippen LogP contribution in [0.5, 0.6) is 0 Å². The Bertz CT molecular complexity index is 1140. The van der Waals surface area contributed by atoms with E-state index >= 15 is 4.39 Å². The minimum atomic E-state index is -1.11. The van der Waals surface area contributed by atoms with Gasteiger partial charge in [0.05, 0.1) is 5.41 Å². The molecule has 2 atom stereocenters. The molecular weight excluding hydrogens is 425 g/mol. The van der Waals surface area contributed by atoms with E-state index in [0.29, 0.717) is 11.5 Å². The summed E-state index contributed by atoms with van der Waals surface area (Å²) in [6, 6.07) is 11.3. The molecule has 2 aliphatic rings. The lowest BCUT2D eigenvalue weighted by Crippen LogP contribution is -2.58. The molecule has 1 aliphatic heterocycles. The van der Waals surface area contributed by atoms with Gasteiger partial charge in [-0.15, -0.1) is 0 Å². The number of rotatable bonds is 3. The molecule has 6 heteroatoms. The predicted molar refractivity (Wildman–Crippen MR) is 127 cm³/mol. The van der Waals surface area contributed by atoms with Gasteiger partial charge in [0, 0.05) is 17.6 Å². The van der Waals surface area contributed by atoms with Gasteiger partial charge in [-0.25, -0.2) is 9.38 Å². The fourth-order valence-electron chi connectivity index (χ4n) is 5.42. The van der Waals surface area contributed by atoms with Gasteiger partial charge in [-0.2, -0.15) is 0 Å². The number of halogens is 2. The number of benzene rings is 2. The van der Waals surface area contributed by atoms with Crippen molar-refractivity contribution in [3.8, 4) is 0 Å². The maximum Gasteiger partial charge on any atom is 0.237 e. The first kappa shape index (κ1) is 22.8. The van der Waals surface area contributed by atoms with Crippen LogP contribution in [0.3, 0.4) is 0 Å². The number of aliphatic imine (C=N–C) groups is 1. The standard InChI is InChI=1S/C26H31ClFN3O/c1-24(2)14-16(18-9-8-17(27)13-19(18)24)11-15-7-10-21(28)20(12-15)26(5)25(3,4)22(32)31(6)23(29)30-26/h7-10,12-13,16H,11,14H2,1-6H3,(H2,29,30)/t16?,26-/m1/s1. The van der Waals surface area contributed by atoms with Crippen LogP contribution in [0.2, 0.25) is 5.02 Å². The summed E-state index contributed by atoms with van der Waals surface area (Å²) in [6.45, 7) is 9.87. The first-order chi connectivity index (χ1) is 14.8. The Kier molecular flexibility index (Phi) is 5.20. The molecule has 1 unspecified atom stereocenters. The van der Waals surface area contributed by atoms with Crippen molar-refractivity contribution in [3.63, 3.8) is 0 Å². The van der Waals surface area contributed by atoms with Crippen LogP contribution in [-0.2, 0) is 22.2 Å². The van der Waals surface area contributed by atoms with Gasteiger partial charge >= 0.3 is 0 Å². The second kappa shape index (κ2) is 7.31. The molecule has 0 aromatic heterocycles. The summed E-state index contributed by atoms with van der Waals surface area (Å²) in [7, 11) is 1.60. The third kappa shape index (κ3) is 3.33. The van der Waals surface area contributed by atoms with Crippen molar-refractivity contribution in [1.29, 1.82) is 0 Å². The van der Waals surface area contributed by atoms with Crippen molar-refractivity contribution in [2.45, 2.75) is 64.3 Å². The van der Waals surface area contributed by atoms with E-state index in [-0.39, 0.29) is 23.1 Å². The van der Waals surface area contributed by atoms with Crippen molar-refractivity contribution in [1.82, 2.24) is 4.90 Å². The van der Waals surface area contributed by atoms with E-state index in [9.17, 15) is 4.79 Å². The predicted octanol–water partition coefficient (Wildman–Crippen LogP) is 5.51. The molecule has 1 heterocycles. The van der Waals surface area contributed by atoms with Crippen molar-refractivity contribution < 1.29 is 9.18 Å². The number of nitrogens with zero attached hydrogens (tertiary/aromatic N) is 2. The summed E-state index contributed by atoms with van der Waals surface area (Å²) in [5, 5.41) is 0.749. The highest BCUT2D eigenvalue weighted by Gasteiger charge is 2.53. The molecule has 0 bridgehead atoms. The van der Waals surface area contributed by atoms with Crippen LogP contribution in [0, 0.1) is 11.2 Å². The maximum absolute atomic E-state index is 15.2. The zero-order chi connectivity index (χ0) is 23.6. The van der Waals surface area contributed by atoms with Crippen molar-refractivity contribution >= 4 is 23.5 Å². The van der Waals surface area contributed by atoms with E-state index in [0.717, 1.165) is 23.4 Å². The van der Waals surface area contributed by atoms with E-state index < -0.39 is 11.0 Å². The lowest BCUT2D eigenvalue weighted by atomic mass is 9.67. The Labute approximate surface area is 194 Å². The lowest BCUT2D eigenvalue weighted by molar-refractivity contribution is -0.140. The summed E-state index contributed by atoms with van der Waals surface area (Å²) < 4.78 is 15.2. The van der Waals surface area contributed by atoms with Crippen molar-refractivity contribution in [2.75, 3.05) is 7.05 Å². The Morgan fingerprint density at radius 1 is 1.12 bits per heavy atom. The van der Waals surface area contributed by atoms with Gasteiger partial charge in [0.2, 0.25) is 5.91 Å². The van der Waals surface area contributed by atoms with Gasteiger partial charge in [0.1, 0.15) is 11.4 Å². The average molecular weight is 456 g/mol. The number of guanidine groups is 1. The fraction of sp³-hybridized carbons (Fsp3) is 0.462. The lowest BCUT2D eigenvalue weighted by Gasteiger charge is -2.46. The molecule has 4 rings (SSSR count). The van der Waals surface area contributed by atoms with Gasteiger partial charge < -0.3 is 5.73 Å². The second-order valence-corrected chi connectivity index (χ2v) is 11.0. The SMILES string of the molecule is CN1C(=O)C(C)(C)[C@@](C)(c2cc(CC3CC(C)(C)c4cc(Cl)ccc43)ccc2F)N=C1N. The molecular formula is C26H31ClFN3O. The molecule has 0 fully saturated rings. The van der Waals surface area contributed by atoms with Crippen molar-refractivity contribution in [2.24, 2.45) is 16.1 Å². The Morgan fingerprint density at radius 2 is 1.81 bits per heavy atom. The molecule has 1 aliphatic carbocycles. The molecule has 2 N–H and O–H groups in total. The highest BCUT2D eigenvalue weighted by atomic mass is 35.5. The highest BCUT2D eigenvalue weighted by Crippen LogP contribution is 2.50. The molecule has 0 radical (unpaired) electrons. The summed E-state index contributed by atoms with van der Waals surface area (Å²) in [6.07, 6.45) is 1.77. The fourth-order valence-corrected chi connectivity index (χ4v) is 5.59. The molecule has 4 nitrogen and oxygen atoms in total. The third-order valence-corrected chi connectivity index (χ3v) is 7.95. The van der Waals surface area contributed by atoms with Crippen LogP contribution in [0.25, 0.3) is 0 Å².